The maximum absolute atomic E-state index is 11.7. The molecule has 2 amide bonds. The van der Waals surface area contributed by atoms with E-state index >= 15 is 0 Å². The van der Waals surface area contributed by atoms with Crippen LogP contribution >= 0.6 is 0 Å². The molecule has 0 aliphatic carbocycles. The summed E-state index contributed by atoms with van der Waals surface area (Å²) in [5.74, 6) is -0.241. The summed E-state index contributed by atoms with van der Waals surface area (Å²) in [5.41, 5.74) is 2.87. The highest BCUT2D eigenvalue weighted by Crippen LogP contribution is 2.13. The third-order valence-corrected chi connectivity index (χ3v) is 3.21. The van der Waals surface area contributed by atoms with Gasteiger partial charge in [0.1, 0.15) is 0 Å². The van der Waals surface area contributed by atoms with Crippen molar-refractivity contribution in [2.24, 2.45) is 13.0 Å². The molecule has 6 heteroatoms. The zero-order valence-corrected chi connectivity index (χ0v) is 13.4. The monoisotopic (exact) mass is 292 g/mol. The molecular formula is C15H24N4O2. The van der Waals surface area contributed by atoms with Gasteiger partial charge < -0.3 is 10.6 Å². The molecule has 1 heterocycles. The Kier molecular flexibility index (Phi) is 6.14. The fourth-order valence-electron chi connectivity index (χ4n) is 1.82. The van der Waals surface area contributed by atoms with Crippen molar-refractivity contribution in [2.75, 3.05) is 13.1 Å². The van der Waals surface area contributed by atoms with Crippen LogP contribution in [0.5, 0.6) is 0 Å². The van der Waals surface area contributed by atoms with Gasteiger partial charge in [-0.2, -0.15) is 5.10 Å². The van der Waals surface area contributed by atoms with E-state index in [2.05, 4.69) is 15.7 Å². The fraction of sp³-hybridized carbons (Fsp3) is 0.533. The first kappa shape index (κ1) is 16.9. The van der Waals surface area contributed by atoms with Crippen LogP contribution in [0.15, 0.2) is 6.08 Å². The molecule has 0 aliphatic heterocycles. The summed E-state index contributed by atoms with van der Waals surface area (Å²) < 4.78 is 1.79. The molecule has 116 valence electrons. The van der Waals surface area contributed by atoms with Gasteiger partial charge in [-0.1, -0.05) is 13.8 Å². The van der Waals surface area contributed by atoms with Gasteiger partial charge in [-0.25, -0.2) is 0 Å². The Morgan fingerprint density at radius 3 is 2.38 bits per heavy atom. The van der Waals surface area contributed by atoms with E-state index < -0.39 is 0 Å². The Morgan fingerprint density at radius 2 is 1.86 bits per heavy atom. The number of nitrogens with zero attached hydrogens (tertiary/aromatic N) is 2. The zero-order valence-electron chi connectivity index (χ0n) is 13.4. The number of aryl methyl sites for hydroxylation is 2. The average Bonchev–Trinajstić information content (AvgIpc) is 2.66. The van der Waals surface area contributed by atoms with E-state index in [-0.39, 0.29) is 17.7 Å². The minimum atomic E-state index is -0.184. The Hall–Kier alpha value is -2.11. The van der Waals surface area contributed by atoms with Gasteiger partial charge in [0.15, 0.2) is 0 Å². The van der Waals surface area contributed by atoms with Crippen molar-refractivity contribution in [3.8, 4) is 0 Å². The molecule has 0 unspecified atom stereocenters. The van der Waals surface area contributed by atoms with E-state index in [0.29, 0.717) is 13.1 Å². The largest absolute Gasteiger partial charge is 0.354 e. The Labute approximate surface area is 125 Å². The van der Waals surface area contributed by atoms with Gasteiger partial charge in [-0.05, 0) is 19.9 Å². The first-order valence-electron chi connectivity index (χ1n) is 7.06. The molecule has 0 aromatic carbocycles. The summed E-state index contributed by atoms with van der Waals surface area (Å²) >= 11 is 0. The van der Waals surface area contributed by atoms with Crippen LogP contribution in [0, 0.1) is 19.8 Å². The summed E-state index contributed by atoms with van der Waals surface area (Å²) in [7, 11) is 1.87. The number of hydrogen-bond donors (Lipinski definition) is 2. The third kappa shape index (κ3) is 5.06. The standard InChI is InChI=1S/C15H24N4O2/c1-10(2)15(21)17-9-8-16-14(20)7-6-13-11(3)18-19(5)12(13)4/h6-7,10H,8-9H2,1-5H3,(H,16,20)(H,17,21). The normalized spacial score (nSPS) is 11.1. The van der Waals surface area contributed by atoms with Gasteiger partial charge >= 0.3 is 0 Å². The van der Waals surface area contributed by atoms with E-state index in [1.165, 1.54) is 6.08 Å². The van der Waals surface area contributed by atoms with E-state index in [0.717, 1.165) is 17.0 Å². The molecule has 0 radical (unpaired) electrons. The minimum absolute atomic E-state index is 0.0126. The minimum Gasteiger partial charge on any atom is -0.354 e. The van der Waals surface area contributed by atoms with Crippen LogP contribution < -0.4 is 10.6 Å². The lowest BCUT2D eigenvalue weighted by molar-refractivity contribution is -0.124. The number of carbonyl (C=O) groups is 2. The van der Waals surface area contributed by atoms with E-state index in [9.17, 15) is 9.59 Å². The van der Waals surface area contributed by atoms with E-state index in [4.69, 9.17) is 0 Å². The van der Waals surface area contributed by atoms with Crippen LogP contribution in [0.2, 0.25) is 0 Å². The molecule has 1 aromatic heterocycles. The van der Waals surface area contributed by atoms with Crippen molar-refractivity contribution in [3.05, 3.63) is 23.0 Å². The van der Waals surface area contributed by atoms with Gasteiger partial charge in [-0.15, -0.1) is 0 Å². The molecular weight excluding hydrogens is 268 g/mol. The summed E-state index contributed by atoms with van der Waals surface area (Å²) in [6, 6.07) is 0. The van der Waals surface area contributed by atoms with Crippen LogP contribution in [0.25, 0.3) is 6.08 Å². The first-order valence-corrected chi connectivity index (χ1v) is 7.06. The summed E-state index contributed by atoms with van der Waals surface area (Å²) in [4.78, 5) is 23.0. The Bertz CT molecular complexity index is 544. The maximum Gasteiger partial charge on any atom is 0.244 e. The first-order chi connectivity index (χ1) is 9.82. The summed E-state index contributed by atoms with van der Waals surface area (Å²) in [6.07, 6.45) is 3.25. The lowest BCUT2D eigenvalue weighted by Crippen LogP contribution is -2.35. The highest BCUT2D eigenvalue weighted by molar-refractivity contribution is 5.92. The molecule has 0 saturated heterocycles. The third-order valence-electron chi connectivity index (χ3n) is 3.21. The lowest BCUT2D eigenvalue weighted by atomic mass is 10.2. The quantitative estimate of drug-likeness (QED) is 0.605. The predicted octanol–water partition coefficient (Wildman–Crippen LogP) is 0.939. The lowest BCUT2D eigenvalue weighted by Gasteiger charge is -2.07. The summed E-state index contributed by atoms with van der Waals surface area (Å²) in [5, 5.41) is 9.75. The number of amides is 2. The van der Waals surface area contributed by atoms with Crippen LogP contribution in [0.3, 0.4) is 0 Å². The highest BCUT2D eigenvalue weighted by Gasteiger charge is 2.07. The fourth-order valence-corrected chi connectivity index (χ4v) is 1.82. The van der Waals surface area contributed by atoms with Gasteiger partial charge in [0.2, 0.25) is 11.8 Å². The van der Waals surface area contributed by atoms with Crippen molar-refractivity contribution in [3.63, 3.8) is 0 Å². The molecule has 6 nitrogen and oxygen atoms in total. The molecule has 0 bridgehead atoms. The molecule has 1 rings (SSSR count). The molecule has 0 spiro atoms. The second-order valence-electron chi connectivity index (χ2n) is 5.28. The number of nitrogens with one attached hydrogen (secondary N) is 2. The van der Waals surface area contributed by atoms with Gasteiger partial charge in [0.25, 0.3) is 0 Å². The Balaban J connectivity index is 2.40. The van der Waals surface area contributed by atoms with Crippen LogP contribution in [0.4, 0.5) is 0 Å². The van der Waals surface area contributed by atoms with Crippen LogP contribution in [0.1, 0.15) is 30.8 Å². The van der Waals surface area contributed by atoms with Crippen LogP contribution in [-0.4, -0.2) is 34.7 Å². The van der Waals surface area contributed by atoms with Crippen molar-refractivity contribution in [2.45, 2.75) is 27.7 Å². The van der Waals surface area contributed by atoms with Crippen molar-refractivity contribution >= 4 is 17.9 Å². The zero-order chi connectivity index (χ0) is 16.0. The molecule has 21 heavy (non-hydrogen) atoms. The van der Waals surface area contributed by atoms with Crippen molar-refractivity contribution in [1.82, 2.24) is 20.4 Å². The SMILES string of the molecule is Cc1nn(C)c(C)c1C=CC(=O)NCCNC(=O)C(C)C. The highest BCUT2D eigenvalue weighted by atomic mass is 16.2. The number of rotatable bonds is 6. The van der Waals surface area contributed by atoms with Crippen molar-refractivity contribution in [1.29, 1.82) is 0 Å². The second kappa shape index (κ2) is 7.61. The van der Waals surface area contributed by atoms with Crippen LogP contribution in [-0.2, 0) is 16.6 Å². The number of aromatic nitrogens is 2. The van der Waals surface area contributed by atoms with Gasteiger partial charge in [-0.3, -0.25) is 14.3 Å². The molecule has 0 saturated carbocycles. The Morgan fingerprint density at radius 1 is 1.24 bits per heavy atom. The molecule has 0 fully saturated rings. The predicted molar refractivity (Wildman–Crippen MR) is 82.6 cm³/mol. The average molecular weight is 292 g/mol. The number of hydrogen-bond acceptors (Lipinski definition) is 3. The van der Waals surface area contributed by atoms with E-state index in [1.54, 1.807) is 10.8 Å². The molecule has 1 aromatic rings. The molecule has 0 aliphatic rings. The molecule has 2 N–H and O–H groups in total. The number of carbonyl (C=O) groups excluding carboxylic acids is 2. The van der Waals surface area contributed by atoms with Gasteiger partial charge in [0.05, 0.1) is 5.69 Å². The topological polar surface area (TPSA) is 76.0 Å². The van der Waals surface area contributed by atoms with Crippen molar-refractivity contribution < 1.29 is 9.59 Å². The second-order valence-corrected chi connectivity index (χ2v) is 5.28. The van der Waals surface area contributed by atoms with Gasteiger partial charge in [0, 0.05) is 43.4 Å². The van der Waals surface area contributed by atoms with E-state index in [1.807, 2.05) is 34.7 Å². The smallest absolute Gasteiger partial charge is 0.244 e. The molecule has 0 atom stereocenters. The maximum atomic E-state index is 11.7. The summed E-state index contributed by atoms with van der Waals surface area (Å²) in [6.45, 7) is 8.36.